The first-order chi connectivity index (χ1) is 57.1. The lowest BCUT2D eigenvalue weighted by Gasteiger charge is -2.31. The van der Waals surface area contributed by atoms with Crippen LogP contribution in [0.25, 0.3) is 0 Å². The Morgan fingerprint density at radius 1 is 0.430 bits per heavy atom. The van der Waals surface area contributed by atoms with Gasteiger partial charge in [-0.3, -0.25) is 82.7 Å². The molecule has 1 aliphatic rings. The summed E-state index contributed by atoms with van der Waals surface area (Å²) in [7, 11) is 0. The van der Waals surface area contributed by atoms with Gasteiger partial charge in [-0.15, -0.1) is 0 Å². The number of aromatic hydroxyl groups is 3. The molecule has 1 heterocycles. The van der Waals surface area contributed by atoms with Crippen LogP contribution in [0.4, 0.5) is 0 Å². The van der Waals surface area contributed by atoms with Gasteiger partial charge < -0.3 is 133 Å². The molecule has 4 aromatic carbocycles. The molecule has 43 nitrogen and oxygen atoms in total. The Labute approximate surface area is 695 Å². The van der Waals surface area contributed by atoms with Gasteiger partial charge >= 0.3 is 11.9 Å². The van der Waals surface area contributed by atoms with E-state index in [-0.39, 0.29) is 101 Å². The average molecular weight is 1690 g/mol. The first-order valence-corrected chi connectivity index (χ1v) is 38.7. The standard InChI is InChI=1S/C78H109N21O22/c1-39(2)62(76(120)121)97-72(116)57(38-61(106)107)96-70(114)55(36-45-20-26-48(103)27-21-45)94-68(112)52(34-43-16-22-46(101)23-17-43)91-64(108)40(3)88-73(117)58-15-10-32-99(58)75(119)51(14-9-31-87-78(84)85)90-67(111)54(33-42-11-6-5-7-12-42)93-66(110)50(28-29-59(80)104)89-74(118)63(41(4)100)98-71(115)56(37-60(81)105)95-69(113)53(35-44-18-24-47(102)25-19-44)92-65(109)49(79)13-8-30-86-77(82)83/h5-7,11-12,16-27,39-41,49-58,62-63,100-103H,8-10,13-15,28-38,79H2,1-4H3,(H2,80,104)(H2,81,105)(H,88,117)(H,89,118)(H,90,111)(H,91,108)(H,92,109)(H,93,110)(H,94,112)(H,95,113)(H,96,114)(H,97,116)(H,98,115)(H,106,107)(H,120,121)(H4,82,83,86)(H4,84,85,87)/t40-,41+,49-,50-,51-,52-,53-,54-,55-,56-,57-,58-,62-,63-/m0/s1. The zero-order valence-corrected chi connectivity index (χ0v) is 67.0. The van der Waals surface area contributed by atoms with E-state index in [9.17, 15) is 103 Å². The second-order valence-corrected chi connectivity index (χ2v) is 29.4. The number of guanidine groups is 2. The van der Waals surface area contributed by atoms with Gasteiger partial charge in [0.15, 0.2) is 11.9 Å². The van der Waals surface area contributed by atoms with E-state index in [0.717, 1.165) is 11.8 Å². The minimum Gasteiger partial charge on any atom is -0.508 e. The third-order valence-electron chi connectivity index (χ3n) is 19.1. The summed E-state index contributed by atoms with van der Waals surface area (Å²) in [6.07, 6.45) is -6.13. The van der Waals surface area contributed by atoms with Crippen molar-refractivity contribution in [2.24, 2.45) is 34.6 Å². The zero-order valence-electron chi connectivity index (χ0n) is 67.0. The molecule has 0 unspecified atom stereocenters. The lowest BCUT2D eigenvalue weighted by Crippen LogP contribution is -2.62. The van der Waals surface area contributed by atoms with Crippen molar-refractivity contribution in [2.75, 3.05) is 19.6 Å². The summed E-state index contributed by atoms with van der Waals surface area (Å²) in [5.74, 6) is -20.1. The van der Waals surface area contributed by atoms with Gasteiger partial charge in [-0.1, -0.05) is 80.6 Å². The highest BCUT2D eigenvalue weighted by Crippen LogP contribution is 2.22. The smallest absolute Gasteiger partial charge is 0.326 e. The molecule has 0 spiro atoms. The number of likely N-dealkylation sites (tertiary alicyclic amines) is 1. The molecule has 0 radical (unpaired) electrons. The maximum absolute atomic E-state index is 15.1. The van der Waals surface area contributed by atoms with Gasteiger partial charge in [0.2, 0.25) is 82.7 Å². The SMILES string of the molecule is CC(C)[C@H](NC(=O)[C@H](CC(=O)O)NC(=O)[C@H](Cc1ccc(O)cc1)NC(=O)[C@H](Cc1ccc(O)cc1)NC(=O)[C@H](C)NC(=O)[C@@H]1CCCN1C(=O)[C@H](CCCNC(=N)N)NC(=O)[C@H](Cc1ccccc1)NC(=O)[C@H](CCC(N)=O)NC(=O)[C@@H](NC(=O)[C@H](CC(N)=O)NC(=O)[C@H](Cc1ccc(O)cc1)NC(=O)[C@@H](N)CCCNC(=N)N)[C@@H](C)O)C(=O)O. The third kappa shape index (κ3) is 33.7. The molecule has 0 saturated carbocycles. The summed E-state index contributed by atoms with van der Waals surface area (Å²) in [6.45, 7) is 5.26. The number of aliphatic carboxylic acids is 2. The van der Waals surface area contributed by atoms with Crippen LogP contribution in [0.3, 0.4) is 0 Å². The number of amides is 14. The molecule has 43 heteroatoms. The summed E-state index contributed by atoms with van der Waals surface area (Å²) in [6, 6.07) is 2.72. The van der Waals surface area contributed by atoms with Crippen LogP contribution in [0.2, 0.25) is 0 Å². The topological polar surface area (TPSA) is 732 Å². The molecule has 1 saturated heterocycles. The molecule has 5 rings (SSSR count). The predicted octanol–water partition coefficient (Wildman–Crippen LogP) is -5.99. The number of phenolic OH excluding ortho intramolecular Hbond substituents is 3. The number of benzene rings is 4. The monoisotopic (exact) mass is 1690 g/mol. The highest BCUT2D eigenvalue weighted by Gasteiger charge is 2.42. The number of hydrogen-bond donors (Lipinski definition) is 26. The molecule has 0 bridgehead atoms. The molecule has 121 heavy (non-hydrogen) atoms. The molecule has 14 amide bonds. The van der Waals surface area contributed by atoms with E-state index in [0.29, 0.717) is 22.3 Å². The maximum atomic E-state index is 15.1. The zero-order chi connectivity index (χ0) is 89.9. The van der Waals surface area contributed by atoms with Crippen molar-refractivity contribution in [2.45, 2.75) is 202 Å². The molecular formula is C78H109N21O22. The van der Waals surface area contributed by atoms with Crippen molar-refractivity contribution < 1.29 is 107 Å². The summed E-state index contributed by atoms with van der Waals surface area (Å²) in [5, 5.41) is 108. The van der Waals surface area contributed by atoms with E-state index < -0.39 is 223 Å². The summed E-state index contributed by atoms with van der Waals surface area (Å²) in [5.41, 5.74) is 29.5. The van der Waals surface area contributed by atoms with Gasteiger partial charge in [-0.2, -0.15) is 0 Å². The van der Waals surface area contributed by atoms with Crippen LogP contribution in [0.1, 0.15) is 114 Å². The Kier molecular flexibility index (Phi) is 39.0. The highest BCUT2D eigenvalue weighted by atomic mass is 16.4. The molecule has 1 fully saturated rings. The second-order valence-electron chi connectivity index (χ2n) is 29.4. The van der Waals surface area contributed by atoms with Crippen LogP contribution in [-0.4, -0.2) is 246 Å². The number of aliphatic hydroxyl groups is 1. The Morgan fingerprint density at radius 3 is 1.22 bits per heavy atom. The van der Waals surface area contributed by atoms with Crippen LogP contribution in [0, 0.1) is 16.7 Å². The van der Waals surface area contributed by atoms with E-state index in [4.69, 9.17) is 39.5 Å². The van der Waals surface area contributed by atoms with E-state index in [1.807, 2.05) is 0 Å². The van der Waals surface area contributed by atoms with Crippen molar-refractivity contribution in [3.63, 3.8) is 0 Å². The maximum Gasteiger partial charge on any atom is 0.326 e. The fraction of sp³-hybridized carbons (Fsp3) is 0.462. The van der Waals surface area contributed by atoms with Crippen LogP contribution < -0.4 is 97.8 Å². The number of carbonyl (C=O) groups excluding carboxylic acids is 14. The molecule has 31 N–H and O–H groups in total. The van der Waals surface area contributed by atoms with Gasteiger partial charge in [-0.25, -0.2) is 4.79 Å². The number of carboxylic acids is 2. The molecule has 4 aromatic rings. The Bertz CT molecular complexity index is 4310. The normalized spacial score (nSPS) is 15.5. The van der Waals surface area contributed by atoms with Gasteiger partial charge in [0.1, 0.15) is 89.8 Å². The fourth-order valence-corrected chi connectivity index (χ4v) is 12.6. The van der Waals surface area contributed by atoms with Gasteiger partial charge in [-0.05, 0) is 123 Å². The molecule has 1 aliphatic heterocycles. The number of nitrogens with zero attached hydrogens (tertiary/aromatic N) is 1. The third-order valence-corrected chi connectivity index (χ3v) is 19.1. The number of carboxylic acid groups (broad SMARTS) is 2. The van der Waals surface area contributed by atoms with Gasteiger partial charge in [0.25, 0.3) is 0 Å². The van der Waals surface area contributed by atoms with E-state index in [2.05, 4.69) is 69.1 Å². The van der Waals surface area contributed by atoms with Crippen molar-refractivity contribution in [1.29, 1.82) is 10.8 Å². The quantitative estimate of drug-likeness (QED) is 0.0111. The molecule has 658 valence electrons. The largest absolute Gasteiger partial charge is 0.508 e. The number of hydrogen-bond acceptors (Lipinski definition) is 23. The van der Waals surface area contributed by atoms with Crippen molar-refractivity contribution in [3.05, 3.63) is 125 Å². The number of primary amides is 2. The average Bonchev–Trinajstić information content (AvgIpc) is 1.70. The summed E-state index contributed by atoms with van der Waals surface area (Å²) < 4.78 is 0. The first kappa shape index (κ1) is 97.8. The molecule has 0 aliphatic carbocycles. The minimum atomic E-state index is -2.05. The second kappa shape index (κ2) is 48.2. The van der Waals surface area contributed by atoms with Crippen LogP contribution >= 0.6 is 0 Å². The summed E-state index contributed by atoms with van der Waals surface area (Å²) in [4.78, 5) is 223. The Balaban J connectivity index is 1.40. The van der Waals surface area contributed by atoms with E-state index in [1.54, 1.807) is 30.3 Å². The minimum absolute atomic E-state index is 0.0115. The lowest BCUT2D eigenvalue weighted by atomic mass is 10.0. The molecule has 14 atom stereocenters. The van der Waals surface area contributed by atoms with Gasteiger partial charge in [0.05, 0.1) is 25.0 Å². The highest BCUT2D eigenvalue weighted by molar-refractivity contribution is 6.01. The number of aliphatic hydroxyl groups excluding tert-OH is 1. The van der Waals surface area contributed by atoms with Crippen LogP contribution in [0.15, 0.2) is 103 Å². The van der Waals surface area contributed by atoms with Crippen molar-refractivity contribution >= 4 is 107 Å². The Morgan fingerprint density at radius 2 is 0.810 bits per heavy atom. The fourth-order valence-electron chi connectivity index (χ4n) is 12.6. The van der Waals surface area contributed by atoms with Gasteiger partial charge in [0, 0.05) is 51.7 Å². The lowest BCUT2D eigenvalue weighted by molar-refractivity contribution is -0.144. The number of phenols is 3. The molecular weight excluding hydrogens is 1580 g/mol. The Hall–Kier alpha value is -13.7. The van der Waals surface area contributed by atoms with Crippen molar-refractivity contribution in [3.8, 4) is 17.2 Å². The number of carbonyl (C=O) groups is 16. The summed E-state index contributed by atoms with van der Waals surface area (Å²) >= 11 is 0. The number of rotatable bonds is 49. The molecule has 0 aromatic heterocycles. The van der Waals surface area contributed by atoms with Crippen LogP contribution in [-0.2, 0) is 102 Å². The predicted molar refractivity (Wildman–Crippen MR) is 432 cm³/mol. The number of nitrogens with two attached hydrogens (primary N) is 5. The van der Waals surface area contributed by atoms with Crippen LogP contribution in [0.5, 0.6) is 17.2 Å². The van der Waals surface area contributed by atoms with E-state index >= 15 is 4.79 Å². The first-order valence-electron chi connectivity index (χ1n) is 38.7. The van der Waals surface area contributed by atoms with E-state index in [1.165, 1.54) is 93.6 Å². The number of nitrogens with one attached hydrogen (secondary N) is 15. The van der Waals surface area contributed by atoms with Crippen molar-refractivity contribution in [1.82, 2.24) is 74.0 Å².